The molecule has 26 heavy (non-hydrogen) atoms. The van der Waals surface area contributed by atoms with E-state index in [1.165, 1.54) is 4.31 Å². The summed E-state index contributed by atoms with van der Waals surface area (Å²) in [5.41, 5.74) is 2.45. The third-order valence-corrected chi connectivity index (χ3v) is 6.82. The maximum absolute atomic E-state index is 13.0. The lowest BCUT2D eigenvalue weighted by Gasteiger charge is -2.17. The van der Waals surface area contributed by atoms with Gasteiger partial charge < -0.3 is 0 Å². The lowest BCUT2D eigenvalue weighted by atomic mass is 9.85. The first kappa shape index (κ1) is 18.5. The zero-order chi connectivity index (χ0) is 18.9. The molecule has 1 aliphatic heterocycles. The van der Waals surface area contributed by atoms with Gasteiger partial charge in [0.15, 0.2) is 5.78 Å². The Hall–Kier alpha value is -2.24. The first-order chi connectivity index (χ1) is 12.3. The SMILES string of the molecule is C=C(C)[C@@H]1CN(S(=O)(=O)c2ccc(C)cc2)C[C@H]1C(=O)c1ccccc1. The van der Waals surface area contributed by atoms with Crippen LogP contribution in [0, 0.1) is 18.8 Å². The van der Waals surface area contributed by atoms with Crippen molar-refractivity contribution < 1.29 is 13.2 Å². The van der Waals surface area contributed by atoms with Gasteiger partial charge in [-0.3, -0.25) is 4.79 Å². The molecule has 4 nitrogen and oxygen atoms in total. The molecule has 0 saturated carbocycles. The van der Waals surface area contributed by atoms with E-state index >= 15 is 0 Å². The van der Waals surface area contributed by atoms with Gasteiger partial charge >= 0.3 is 0 Å². The molecule has 5 heteroatoms. The van der Waals surface area contributed by atoms with E-state index in [2.05, 4.69) is 6.58 Å². The molecule has 0 spiro atoms. The highest BCUT2D eigenvalue weighted by atomic mass is 32.2. The lowest BCUT2D eigenvalue weighted by molar-refractivity contribution is 0.0909. The Morgan fingerprint density at radius 1 is 1.00 bits per heavy atom. The van der Waals surface area contributed by atoms with Crippen LogP contribution in [0.25, 0.3) is 0 Å². The summed E-state index contributed by atoms with van der Waals surface area (Å²) in [6.07, 6.45) is 0. The quantitative estimate of drug-likeness (QED) is 0.597. The van der Waals surface area contributed by atoms with Gasteiger partial charge in [0.05, 0.1) is 4.90 Å². The molecule has 0 aliphatic carbocycles. The lowest BCUT2D eigenvalue weighted by Crippen LogP contribution is -2.30. The zero-order valence-electron chi connectivity index (χ0n) is 15.1. The fraction of sp³-hybridized carbons (Fsp3) is 0.286. The highest BCUT2D eigenvalue weighted by Gasteiger charge is 2.43. The molecule has 2 atom stereocenters. The number of sulfonamides is 1. The standard InChI is InChI=1S/C21H23NO3S/c1-15(2)19-13-22(26(24,25)18-11-9-16(3)10-12-18)14-20(19)21(23)17-7-5-4-6-8-17/h4-12,19-20H,1,13-14H2,2-3H3/t19-,20+/m0/s1. The molecule has 0 N–H and O–H groups in total. The Bertz CT molecular complexity index is 917. The first-order valence-corrected chi connectivity index (χ1v) is 10.1. The summed E-state index contributed by atoms with van der Waals surface area (Å²) in [7, 11) is -3.63. The van der Waals surface area contributed by atoms with Crippen LogP contribution in [0.4, 0.5) is 0 Å². The Kier molecular flexibility index (Phi) is 5.12. The van der Waals surface area contributed by atoms with E-state index in [0.717, 1.165) is 11.1 Å². The van der Waals surface area contributed by atoms with Gasteiger partial charge in [0.2, 0.25) is 10.0 Å². The highest BCUT2D eigenvalue weighted by Crippen LogP contribution is 2.34. The van der Waals surface area contributed by atoms with Crippen molar-refractivity contribution in [2.24, 2.45) is 11.8 Å². The minimum atomic E-state index is -3.63. The van der Waals surface area contributed by atoms with Crippen LogP contribution in [0.3, 0.4) is 0 Å². The first-order valence-electron chi connectivity index (χ1n) is 8.62. The minimum absolute atomic E-state index is 0.0276. The molecule has 1 aliphatic rings. The number of benzene rings is 2. The number of rotatable bonds is 5. The number of ketones is 1. The van der Waals surface area contributed by atoms with Crippen molar-refractivity contribution >= 4 is 15.8 Å². The summed E-state index contributed by atoms with van der Waals surface area (Å²) in [5.74, 6) is -0.613. The molecule has 2 aromatic carbocycles. The number of carbonyl (C=O) groups excluding carboxylic acids is 1. The molecule has 0 bridgehead atoms. The van der Waals surface area contributed by atoms with Crippen LogP contribution >= 0.6 is 0 Å². The van der Waals surface area contributed by atoms with E-state index in [0.29, 0.717) is 5.56 Å². The van der Waals surface area contributed by atoms with Crippen LogP contribution in [0.5, 0.6) is 0 Å². The molecule has 0 radical (unpaired) electrons. The second-order valence-corrected chi connectivity index (χ2v) is 8.86. The molecule has 0 unspecified atom stereocenters. The molecular weight excluding hydrogens is 346 g/mol. The van der Waals surface area contributed by atoms with Gasteiger partial charge in [-0.25, -0.2) is 8.42 Å². The number of hydrogen-bond donors (Lipinski definition) is 0. The number of hydrogen-bond acceptors (Lipinski definition) is 3. The fourth-order valence-corrected chi connectivity index (χ4v) is 4.90. The molecule has 136 valence electrons. The largest absolute Gasteiger partial charge is 0.294 e. The van der Waals surface area contributed by atoms with Gasteiger partial charge in [0, 0.05) is 30.5 Å². The minimum Gasteiger partial charge on any atom is -0.294 e. The van der Waals surface area contributed by atoms with Gasteiger partial charge in [-0.2, -0.15) is 4.31 Å². The summed E-state index contributed by atoms with van der Waals surface area (Å²) in [5, 5.41) is 0. The third-order valence-electron chi connectivity index (χ3n) is 4.97. The number of nitrogens with zero attached hydrogens (tertiary/aromatic N) is 1. The van der Waals surface area contributed by atoms with E-state index in [9.17, 15) is 13.2 Å². The van der Waals surface area contributed by atoms with Gasteiger partial charge in [0.1, 0.15) is 0 Å². The maximum Gasteiger partial charge on any atom is 0.243 e. The van der Waals surface area contributed by atoms with Crippen molar-refractivity contribution in [1.29, 1.82) is 0 Å². The van der Waals surface area contributed by atoms with Gasteiger partial charge in [-0.1, -0.05) is 60.2 Å². The molecule has 0 aromatic heterocycles. The molecular formula is C21H23NO3S. The van der Waals surface area contributed by atoms with Gasteiger partial charge in [-0.05, 0) is 26.0 Å². The van der Waals surface area contributed by atoms with Crippen molar-refractivity contribution in [3.63, 3.8) is 0 Å². The van der Waals surface area contributed by atoms with Crippen LogP contribution < -0.4 is 0 Å². The highest BCUT2D eigenvalue weighted by molar-refractivity contribution is 7.89. The Balaban J connectivity index is 1.91. The molecule has 1 heterocycles. The third kappa shape index (κ3) is 3.50. The molecule has 3 rings (SSSR count). The summed E-state index contributed by atoms with van der Waals surface area (Å²) in [6, 6.07) is 15.8. The van der Waals surface area contributed by atoms with E-state index < -0.39 is 15.9 Å². The Morgan fingerprint density at radius 3 is 2.15 bits per heavy atom. The van der Waals surface area contributed by atoms with E-state index in [-0.39, 0.29) is 29.7 Å². The second kappa shape index (κ2) is 7.17. The van der Waals surface area contributed by atoms with Gasteiger partial charge in [0.25, 0.3) is 0 Å². The van der Waals surface area contributed by atoms with E-state index in [4.69, 9.17) is 0 Å². The van der Waals surface area contributed by atoms with Crippen molar-refractivity contribution in [2.45, 2.75) is 18.7 Å². The van der Waals surface area contributed by atoms with Gasteiger partial charge in [-0.15, -0.1) is 0 Å². The summed E-state index contributed by atoms with van der Waals surface area (Å²) in [4.78, 5) is 13.2. The maximum atomic E-state index is 13.0. The summed E-state index contributed by atoms with van der Waals surface area (Å²) in [6.45, 7) is 8.23. The monoisotopic (exact) mass is 369 g/mol. The Labute approximate surface area is 155 Å². The van der Waals surface area contributed by atoms with Crippen molar-refractivity contribution in [3.8, 4) is 0 Å². The van der Waals surface area contributed by atoms with E-state index in [1.807, 2.05) is 32.0 Å². The second-order valence-electron chi connectivity index (χ2n) is 6.92. The number of Topliss-reactive ketones (excluding diaryl/α,β-unsaturated/α-hetero) is 1. The smallest absolute Gasteiger partial charge is 0.243 e. The number of carbonyl (C=O) groups is 1. The predicted octanol–water partition coefficient (Wildman–Crippen LogP) is 3.69. The molecule has 1 saturated heterocycles. The number of aryl methyl sites for hydroxylation is 1. The van der Waals surface area contributed by atoms with E-state index in [1.54, 1.807) is 36.4 Å². The average Bonchev–Trinajstić information content (AvgIpc) is 3.09. The van der Waals surface area contributed by atoms with Crippen LogP contribution in [-0.2, 0) is 10.0 Å². The normalized spacial score (nSPS) is 20.8. The fourth-order valence-electron chi connectivity index (χ4n) is 3.40. The Morgan fingerprint density at radius 2 is 1.58 bits per heavy atom. The average molecular weight is 369 g/mol. The van der Waals surface area contributed by atoms with Crippen LogP contribution in [0.1, 0.15) is 22.8 Å². The van der Waals surface area contributed by atoms with Crippen LogP contribution in [0.2, 0.25) is 0 Å². The molecule has 1 fully saturated rings. The predicted molar refractivity (Wildman–Crippen MR) is 103 cm³/mol. The summed E-state index contributed by atoms with van der Waals surface area (Å²) < 4.78 is 27.4. The van der Waals surface area contributed by atoms with Crippen LogP contribution in [-0.4, -0.2) is 31.6 Å². The topological polar surface area (TPSA) is 54.5 Å². The molecule has 2 aromatic rings. The van der Waals surface area contributed by atoms with Crippen LogP contribution in [0.15, 0.2) is 71.6 Å². The van der Waals surface area contributed by atoms with Crippen molar-refractivity contribution in [3.05, 3.63) is 77.9 Å². The molecule has 0 amide bonds. The zero-order valence-corrected chi connectivity index (χ0v) is 15.9. The van der Waals surface area contributed by atoms with Crippen molar-refractivity contribution in [1.82, 2.24) is 4.31 Å². The van der Waals surface area contributed by atoms with Crippen molar-refractivity contribution in [2.75, 3.05) is 13.1 Å². The summed E-state index contributed by atoms with van der Waals surface area (Å²) >= 11 is 0.